The predicted molar refractivity (Wildman–Crippen MR) is 96.6 cm³/mol. The fourth-order valence-electron chi connectivity index (χ4n) is 3.20. The summed E-state index contributed by atoms with van der Waals surface area (Å²) in [4.78, 5) is 36.2. The van der Waals surface area contributed by atoms with Crippen LogP contribution in [0, 0.1) is 0 Å². The minimum Gasteiger partial charge on any atom is -0.451 e. The van der Waals surface area contributed by atoms with Crippen molar-refractivity contribution < 1.29 is 19.1 Å². The summed E-state index contributed by atoms with van der Waals surface area (Å²) in [5, 5.41) is 8.23. The van der Waals surface area contributed by atoms with Crippen molar-refractivity contribution in [2.45, 2.75) is 51.0 Å². The van der Waals surface area contributed by atoms with E-state index >= 15 is 0 Å². The lowest BCUT2D eigenvalue weighted by Gasteiger charge is -2.23. The molecule has 138 valence electrons. The minimum absolute atomic E-state index is 0.152. The summed E-state index contributed by atoms with van der Waals surface area (Å²) in [6.45, 7) is -0.326. The molecule has 2 aliphatic rings. The molecule has 0 aromatic heterocycles. The number of hydrazone groups is 1. The minimum atomic E-state index is -0.655. The molecule has 1 aromatic carbocycles. The number of carbonyl (C=O) groups is 3. The van der Waals surface area contributed by atoms with Gasteiger partial charge in [-0.1, -0.05) is 37.5 Å². The number of nitrogens with zero attached hydrogens (tertiary/aromatic N) is 2. The predicted octanol–water partition coefficient (Wildman–Crippen LogP) is 2.16. The molecule has 0 bridgehead atoms. The summed E-state index contributed by atoms with van der Waals surface area (Å²) in [6, 6.07) is 9.08. The van der Waals surface area contributed by atoms with Gasteiger partial charge in [-0.3, -0.25) is 9.59 Å². The third kappa shape index (κ3) is 4.68. The van der Waals surface area contributed by atoms with Gasteiger partial charge < -0.3 is 10.1 Å². The van der Waals surface area contributed by atoms with E-state index < -0.39 is 5.97 Å². The molecule has 0 spiro atoms. The SMILES string of the molecule is O=C(COC(=O)C1=NN(c2ccccc2)C(=O)CC1)NC1CCCCC1. The molecule has 1 aromatic rings. The number of hydrogen-bond donors (Lipinski definition) is 1. The summed E-state index contributed by atoms with van der Waals surface area (Å²) in [6.07, 6.45) is 5.77. The number of nitrogens with one attached hydrogen (secondary N) is 1. The van der Waals surface area contributed by atoms with Gasteiger partial charge in [-0.15, -0.1) is 0 Å². The zero-order chi connectivity index (χ0) is 18.4. The van der Waals surface area contributed by atoms with Crippen LogP contribution in [0.15, 0.2) is 35.4 Å². The second kappa shape index (κ2) is 8.60. The van der Waals surface area contributed by atoms with E-state index in [1.807, 2.05) is 6.07 Å². The lowest BCUT2D eigenvalue weighted by molar-refractivity contribution is -0.142. The molecule has 26 heavy (non-hydrogen) atoms. The molecule has 0 radical (unpaired) electrons. The van der Waals surface area contributed by atoms with E-state index in [1.165, 1.54) is 11.4 Å². The Kier molecular flexibility index (Phi) is 5.99. The number of anilines is 1. The van der Waals surface area contributed by atoms with E-state index in [1.54, 1.807) is 24.3 Å². The van der Waals surface area contributed by atoms with E-state index in [4.69, 9.17) is 4.74 Å². The Morgan fingerprint density at radius 2 is 1.85 bits per heavy atom. The molecule has 7 heteroatoms. The van der Waals surface area contributed by atoms with Crippen molar-refractivity contribution in [2.75, 3.05) is 11.6 Å². The van der Waals surface area contributed by atoms with Crippen molar-refractivity contribution >= 4 is 29.2 Å². The van der Waals surface area contributed by atoms with Gasteiger partial charge in [0.2, 0.25) is 5.91 Å². The lowest BCUT2D eigenvalue weighted by atomic mass is 9.95. The molecule has 3 rings (SSSR count). The number of esters is 1. The maximum absolute atomic E-state index is 12.2. The van der Waals surface area contributed by atoms with Crippen molar-refractivity contribution in [3.05, 3.63) is 30.3 Å². The van der Waals surface area contributed by atoms with Crippen molar-refractivity contribution in [1.82, 2.24) is 5.32 Å². The summed E-state index contributed by atoms with van der Waals surface area (Å²) in [5.41, 5.74) is 0.747. The average molecular weight is 357 g/mol. The average Bonchev–Trinajstić information content (AvgIpc) is 2.68. The molecule has 0 unspecified atom stereocenters. The van der Waals surface area contributed by atoms with Crippen LogP contribution < -0.4 is 10.3 Å². The van der Waals surface area contributed by atoms with Gasteiger partial charge in [-0.25, -0.2) is 9.80 Å². The van der Waals surface area contributed by atoms with Gasteiger partial charge in [-0.2, -0.15) is 5.10 Å². The van der Waals surface area contributed by atoms with Crippen LogP contribution in [0.2, 0.25) is 0 Å². The summed E-state index contributed by atoms with van der Waals surface area (Å²) in [7, 11) is 0. The highest BCUT2D eigenvalue weighted by Crippen LogP contribution is 2.20. The maximum atomic E-state index is 12.2. The number of rotatable bonds is 5. The fourth-order valence-corrected chi connectivity index (χ4v) is 3.20. The van der Waals surface area contributed by atoms with Crippen LogP contribution in [0.4, 0.5) is 5.69 Å². The first-order valence-electron chi connectivity index (χ1n) is 9.05. The van der Waals surface area contributed by atoms with Crippen LogP contribution in [0.5, 0.6) is 0 Å². The zero-order valence-electron chi connectivity index (χ0n) is 14.6. The third-order valence-electron chi connectivity index (χ3n) is 4.57. The van der Waals surface area contributed by atoms with Gasteiger partial charge in [0, 0.05) is 18.9 Å². The van der Waals surface area contributed by atoms with Crippen molar-refractivity contribution in [3.63, 3.8) is 0 Å². The largest absolute Gasteiger partial charge is 0.451 e. The number of benzene rings is 1. The second-order valence-electron chi connectivity index (χ2n) is 6.57. The Hall–Kier alpha value is -2.70. The molecule has 0 atom stereocenters. The van der Waals surface area contributed by atoms with Gasteiger partial charge in [0.05, 0.1) is 5.69 Å². The van der Waals surface area contributed by atoms with Gasteiger partial charge in [-0.05, 0) is 25.0 Å². The highest BCUT2D eigenvalue weighted by molar-refractivity contribution is 6.38. The Bertz CT molecular complexity index is 696. The van der Waals surface area contributed by atoms with E-state index in [0.29, 0.717) is 5.69 Å². The maximum Gasteiger partial charge on any atom is 0.355 e. The highest BCUT2D eigenvalue weighted by atomic mass is 16.5. The van der Waals surface area contributed by atoms with Crippen LogP contribution in [0.1, 0.15) is 44.9 Å². The summed E-state index contributed by atoms with van der Waals surface area (Å²) >= 11 is 0. The first kappa shape index (κ1) is 18.1. The standard InChI is InChI=1S/C19H23N3O4/c23-17(20-14-7-3-1-4-8-14)13-26-19(25)16-11-12-18(24)22(21-16)15-9-5-2-6-10-15/h2,5-6,9-10,14H,1,3-4,7-8,11-13H2,(H,20,23). The van der Waals surface area contributed by atoms with Gasteiger partial charge in [0.15, 0.2) is 6.61 Å². The van der Waals surface area contributed by atoms with Crippen LogP contribution in [0.3, 0.4) is 0 Å². The zero-order valence-corrected chi connectivity index (χ0v) is 14.6. The smallest absolute Gasteiger partial charge is 0.355 e. The van der Waals surface area contributed by atoms with Crippen LogP contribution in [-0.2, 0) is 19.1 Å². The molecule has 1 fully saturated rings. The van der Waals surface area contributed by atoms with E-state index in [9.17, 15) is 14.4 Å². The molecule has 1 saturated carbocycles. The Morgan fingerprint density at radius 1 is 1.12 bits per heavy atom. The third-order valence-corrected chi connectivity index (χ3v) is 4.57. The fraction of sp³-hybridized carbons (Fsp3) is 0.474. The van der Waals surface area contributed by atoms with E-state index in [-0.39, 0.29) is 43.0 Å². The normalized spacial score (nSPS) is 18.2. The van der Waals surface area contributed by atoms with E-state index in [0.717, 1.165) is 25.7 Å². The Labute approximate surface area is 152 Å². The van der Waals surface area contributed by atoms with Gasteiger partial charge >= 0.3 is 5.97 Å². The Morgan fingerprint density at radius 3 is 2.58 bits per heavy atom. The van der Waals surface area contributed by atoms with Crippen LogP contribution >= 0.6 is 0 Å². The molecule has 7 nitrogen and oxygen atoms in total. The summed E-state index contributed by atoms with van der Waals surface area (Å²) in [5.74, 6) is -1.13. The first-order chi connectivity index (χ1) is 12.6. The quantitative estimate of drug-likeness (QED) is 0.818. The second-order valence-corrected chi connectivity index (χ2v) is 6.57. The monoisotopic (exact) mass is 357 g/mol. The van der Waals surface area contributed by atoms with Crippen LogP contribution in [-0.4, -0.2) is 36.1 Å². The molecular weight excluding hydrogens is 334 g/mol. The molecule has 1 aliphatic carbocycles. The van der Waals surface area contributed by atoms with Crippen LogP contribution in [0.25, 0.3) is 0 Å². The number of amides is 2. The summed E-state index contributed by atoms with van der Waals surface area (Å²) < 4.78 is 5.08. The number of carbonyl (C=O) groups excluding carboxylic acids is 3. The molecule has 1 N–H and O–H groups in total. The number of para-hydroxylation sites is 1. The number of ether oxygens (including phenoxy) is 1. The van der Waals surface area contributed by atoms with Crippen molar-refractivity contribution in [3.8, 4) is 0 Å². The first-order valence-corrected chi connectivity index (χ1v) is 9.05. The molecule has 1 heterocycles. The molecular formula is C19H23N3O4. The molecule has 1 aliphatic heterocycles. The van der Waals surface area contributed by atoms with Crippen molar-refractivity contribution in [2.24, 2.45) is 5.10 Å². The molecule has 2 amide bonds. The van der Waals surface area contributed by atoms with Crippen molar-refractivity contribution in [1.29, 1.82) is 0 Å². The van der Waals surface area contributed by atoms with Gasteiger partial charge in [0.1, 0.15) is 5.71 Å². The van der Waals surface area contributed by atoms with Gasteiger partial charge in [0.25, 0.3) is 5.91 Å². The van der Waals surface area contributed by atoms with E-state index in [2.05, 4.69) is 10.4 Å². The number of hydrogen-bond acceptors (Lipinski definition) is 5. The topological polar surface area (TPSA) is 88.1 Å². The Balaban J connectivity index is 1.55. The molecule has 0 saturated heterocycles. The lowest BCUT2D eigenvalue weighted by Crippen LogP contribution is -2.40. The highest BCUT2D eigenvalue weighted by Gasteiger charge is 2.27.